The number of aromatic nitrogens is 2. The summed E-state index contributed by atoms with van der Waals surface area (Å²) in [5.41, 5.74) is 7.79. The van der Waals surface area contributed by atoms with Crippen molar-refractivity contribution in [3.05, 3.63) is 47.2 Å². The van der Waals surface area contributed by atoms with Crippen molar-refractivity contribution in [3.63, 3.8) is 0 Å². The quantitative estimate of drug-likeness (QED) is 0.767. The van der Waals surface area contributed by atoms with Crippen LogP contribution in [-0.4, -0.2) is 71.3 Å². The van der Waals surface area contributed by atoms with Crippen LogP contribution in [0.3, 0.4) is 0 Å². The molecule has 9 heteroatoms. The van der Waals surface area contributed by atoms with Gasteiger partial charge < -0.3 is 15.5 Å². The van der Waals surface area contributed by atoms with Gasteiger partial charge in [-0.1, -0.05) is 6.07 Å². The molecule has 3 aliphatic rings. The molecule has 6 nitrogen and oxygen atoms in total. The van der Waals surface area contributed by atoms with E-state index in [-0.39, 0.29) is 27.3 Å². The van der Waals surface area contributed by atoms with Crippen molar-refractivity contribution < 1.29 is 13.6 Å². The second kappa shape index (κ2) is 6.87. The van der Waals surface area contributed by atoms with Crippen LogP contribution in [0.1, 0.15) is 29.3 Å². The van der Waals surface area contributed by atoms with Crippen LogP contribution in [0.4, 0.5) is 13.6 Å². The molecule has 0 saturated carbocycles. The van der Waals surface area contributed by atoms with Crippen LogP contribution in [-0.2, 0) is 4.75 Å². The fraction of sp³-hybridized carbons (Fsp3) is 0.500. The Labute approximate surface area is 182 Å². The fourth-order valence-corrected chi connectivity index (χ4v) is 10.3. The van der Waals surface area contributed by atoms with Gasteiger partial charge in [-0.2, -0.15) is 5.10 Å². The lowest BCUT2D eigenvalue weighted by Gasteiger charge is -2.53. The number of carbonyl (C=O) groups excluding carboxylic acids is 1. The highest BCUT2D eigenvalue weighted by atomic mass is 32.3. The van der Waals surface area contributed by atoms with E-state index in [0.29, 0.717) is 6.54 Å². The van der Waals surface area contributed by atoms with Gasteiger partial charge in [0.2, 0.25) is 0 Å². The molecular formula is C22H27F2N5OS. The van der Waals surface area contributed by atoms with Gasteiger partial charge in [0, 0.05) is 24.9 Å². The van der Waals surface area contributed by atoms with E-state index in [9.17, 15) is 13.6 Å². The number of rotatable bonds is 2. The normalized spacial score (nSPS) is 30.3. The molecule has 0 radical (unpaired) electrons. The van der Waals surface area contributed by atoms with E-state index >= 15 is 0 Å². The molecule has 2 saturated heterocycles. The van der Waals surface area contributed by atoms with Crippen LogP contribution in [0.5, 0.6) is 0 Å². The van der Waals surface area contributed by atoms with Crippen molar-refractivity contribution in [2.75, 3.05) is 39.2 Å². The first-order chi connectivity index (χ1) is 14.7. The maximum Gasteiger partial charge on any atom is 0.315 e. The lowest BCUT2D eigenvalue weighted by atomic mass is 9.80. The van der Waals surface area contributed by atoms with Crippen molar-refractivity contribution in [1.29, 1.82) is 0 Å². The average Bonchev–Trinajstić information content (AvgIpc) is 3.09. The van der Waals surface area contributed by atoms with Crippen LogP contribution in [0.2, 0.25) is 0 Å². The van der Waals surface area contributed by atoms with Crippen LogP contribution < -0.4 is 5.73 Å². The number of hydrogen-bond acceptors (Lipinski definition) is 4. The van der Waals surface area contributed by atoms with Crippen molar-refractivity contribution in [2.24, 2.45) is 5.73 Å². The average molecular weight is 448 g/mol. The Morgan fingerprint density at radius 2 is 1.94 bits per heavy atom. The van der Waals surface area contributed by atoms with Gasteiger partial charge in [-0.3, -0.25) is 0 Å². The molecule has 3 aliphatic heterocycles. The van der Waals surface area contributed by atoms with Gasteiger partial charge in [0.05, 0.1) is 27.7 Å². The molecule has 2 N–H and O–H groups in total. The highest BCUT2D eigenvalue weighted by Crippen LogP contribution is 2.82. The summed E-state index contributed by atoms with van der Waals surface area (Å²) < 4.78 is 28.5. The minimum absolute atomic E-state index is 0.0923. The molecule has 5 rings (SSSR count). The summed E-state index contributed by atoms with van der Waals surface area (Å²) >= 11 is 0. The zero-order valence-corrected chi connectivity index (χ0v) is 18.8. The van der Waals surface area contributed by atoms with Gasteiger partial charge in [-0.05, 0) is 56.2 Å². The monoisotopic (exact) mass is 447 g/mol. The molecule has 2 bridgehead atoms. The summed E-state index contributed by atoms with van der Waals surface area (Å²) in [5.74, 6) is -1.29. The van der Waals surface area contributed by atoms with E-state index in [0.717, 1.165) is 37.2 Å². The molecule has 2 aromatic rings. The lowest BCUT2D eigenvalue weighted by Crippen LogP contribution is -2.63. The van der Waals surface area contributed by atoms with Crippen molar-refractivity contribution in [3.8, 4) is 11.3 Å². The second-order valence-electron chi connectivity index (χ2n) is 9.26. The first-order valence-corrected chi connectivity index (χ1v) is 13.0. The summed E-state index contributed by atoms with van der Waals surface area (Å²) in [7, 11) is 0.770. The number of nitrogens with zero attached hydrogens (tertiary/aromatic N) is 4. The summed E-state index contributed by atoms with van der Waals surface area (Å²) in [6.45, 7) is 2.08. The fourth-order valence-electron chi connectivity index (χ4n) is 6.10. The number of piperazine rings is 1. The maximum absolute atomic E-state index is 14.4. The third-order valence-corrected chi connectivity index (χ3v) is 12.1. The minimum Gasteiger partial charge on any atom is -0.351 e. The van der Waals surface area contributed by atoms with Gasteiger partial charge >= 0.3 is 6.03 Å². The lowest BCUT2D eigenvalue weighted by molar-refractivity contribution is 0.0873. The SMILES string of the molecule is CN1CCN(C(N)=O)[C@@H]([C@@]23CC[C@@H](c4cc(-c5c(F)cccc5F)nnc42)S3(C)C)C1. The van der Waals surface area contributed by atoms with Crippen LogP contribution in [0, 0.1) is 11.6 Å². The van der Waals surface area contributed by atoms with Gasteiger partial charge in [-0.25, -0.2) is 23.6 Å². The zero-order valence-electron chi connectivity index (χ0n) is 17.9. The highest BCUT2D eigenvalue weighted by Gasteiger charge is 2.65. The smallest absolute Gasteiger partial charge is 0.315 e. The number of carbonyl (C=O) groups is 1. The predicted octanol–water partition coefficient (Wildman–Crippen LogP) is 3.22. The largest absolute Gasteiger partial charge is 0.351 e. The first-order valence-electron chi connectivity index (χ1n) is 10.5. The van der Waals surface area contributed by atoms with E-state index in [1.165, 1.54) is 18.2 Å². The Bertz CT molecular complexity index is 1060. The van der Waals surface area contributed by atoms with Gasteiger partial charge in [0.25, 0.3) is 0 Å². The number of primary amides is 1. The molecule has 31 heavy (non-hydrogen) atoms. The zero-order chi connectivity index (χ0) is 22.1. The Morgan fingerprint density at radius 1 is 1.23 bits per heavy atom. The Balaban J connectivity index is 1.67. The third kappa shape index (κ3) is 2.68. The number of fused-ring (bicyclic) bond motifs is 5. The standard InChI is InChI=1S/C22H27F2N5OS/c1-28-9-10-29(21(25)30)18(12-28)22-8-7-17(31(22,2)3)13-11-16(26-27-20(13)22)19-14(23)5-4-6-15(19)24/h4-6,11,17-18H,7-10,12H2,1-3H3,(H2,25,30)/t17-,18+,22-/m0/s1. The minimum atomic E-state index is -1.29. The molecule has 4 heterocycles. The summed E-state index contributed by atoms with van der Waals surface area (Å²) in [4.78, 5) is 16.4. The third-order valence-electron chi connectivity index (χ3n) is 7.62. The van der Waals surface area contributed by atoms with Crippen LogP contribution in [0.15, 0.2) is 24.3 Å². The van der Waals surface area contributed by atoms with E-state index in [2.05, 4.69) is 34.7 Å². The van der Waals surface area contributed by atoms with Crippen LogP contribution >= 0.6 is 10.0 Å². The van der Waals surface area contributed by atoms with Crippen LogP contribution in [0.25, 0.3) is 11.3 Å². The number of likely N-dealkylation sites (N-methyl/N-ethyl adjacent to an activating group) is 1. The van der Waals surface area contributed by atoms with E-state index in [1.807, 2.05) is 6.07 Å². The molecule has 0 aliphatic carbocycles. The number of urea groups is 1. The molecule has 1 aromatic carbocycles. The number of benzene rings is 1. The topological polar surface area (TPSA) is 75.3 Å². The highest BCUT2D eigenvalue weighted by molar-refractivity contribution is 8.34. The molecule has 0 spiro atoms. The van der Waals surface area contributed by atoms with Gasteiger partial charge in [0.15, 0.2) is 0 Å². The summed E-state index contributed by atoms with van der Waals surface area (Å²) in [6, 6.07) is 5.14. The maximum atomic E-state index is 14.4. The number of amides is 2. The number of nitrogens with two attached hydrogens (primary N) is 1. The first kappa shape index (κ1) is 20.6. The Kier molecular flexibility index (Phi) is 4.57. The molecule has 1 aromatic heterocycles. The molecule has 3 atom stereocenters. The van der Waals surface area contributed by atoms with E-state index in [4.69, 9.17) is 5.73 Å². The summed E-state index contributed by atoms with van der Waals surface area (Å²) in [5, 5.41) is 9.15. The van der Waals surface area contributed by atoms with Gasteiger partial charge in [0.1, 0.15) is 11.6 Å². The number of hydrogen-bond donors (Lipinski definition) is 1. The van der Waals surface area contributed by atoms with Crippen molar-refractivity contribution in [1.82, 2.24) is 20.0 Å². The molecule has 2 fully saturated rings. The van der Waals surface area contributed by atoms with Crippen molar-refractivity contribution in [2.45, 2.75) is 28.9 Å². The number of halogens is 2. The van der Waals surface area contributed by atoms with E-state index in [1.54, 1.807) is 4.90 Å². The molecule has 0 unspecified atom stereocenters. The predicted molar refractivity (Wildman–Crippen MR) is 118 cm³/mol. The van der Waals surface area contributed by atoms with Gasteiger partial charge in [-0.15, -0.1) is 5.10 Å². The molecule has 2 amide bonds. The Hall–Kier alpha value is -2.26. The Morgan fingerprint density at radius 3 is 2.61 bits per heavy atom. The molecule has 166 valence electrons. The van der Waals surface area contributed by atoms with E-state index < -0.39 is 27.7 Å². The molecular weight excluding hydrogens is 420 g/mol. The summed E-state index contributed by atoms with van der Waals surface area (Å²) in [6.07, 6.45) is 6.47. The second-order valence-corrected chi connectivity index (χ2v) is 13.4. The van der Waals surface area contributed by atoms with Crippen molar-refractivity contribution >= 4 is 16.1 Å².